The van der Waals surface area contributed by atoms with Crippen molar-refractivity contribution in [3.05, 3.63) is 69.8 Å². The van der Waals surface area contributed by atoms with Gasteiger partial charge in [0.1, 0.15) is 0 Å². The van der Waals surface area contributed by atoms with E-state index in [0.717, 1.165) is 0 Å². The lowest BCUT2D eigenvalue weighted by Crippen LogP contribution is -2.34. The van der Waals surface area contributed by atoms with Gasteiger partial charge in [0.2, 0.25) is 0 Å². The van der Waals surface area contributed by atoms with E-state index >= 15 is 0 Å². The molecule has 0 saturated heterocycles. The molecule has 0 atom stereocenters. The van der Waals surface area contributed by atoms with Gasteiger partial charge in [-0.3, -0.25) is 25.0 Å². The molecule has 0 fully saturated rings. The molecule has 28 heavy (non-hydrogen) atoms. The lowest BCUT2D eigenvalue weighted by molar-refractivity contribution is -0.384. The van der Waals surface area contributed by atoms with Crippen LogP contribution in [0.2, 0.25) is 0 Å². The number of anilines is 1. The number of benzene rings is 2. The van der Waals surface area contributed by atoms with Crippen molar-refractivity contribution in [2.45, 2.75) is 13.8 Å². The Hall–Kier alpha value is -3.33. The van der Waals surface area contributed by atoms with Gasteiger partial charge in [-0.25, -0.2) is 0 Å². The second kappa shape index (κ2) is 9.56. The second-order valence-electron chi connectivity index (χ2n) is 5.77. The summed E-state index contributed by atoms with van der Waals surface area (Å²) in [6.45, 7) is 5.01. The van der Waals surface area contributed by atoms with Crippen LogP contribution in [0.5, 0.6) is 0 Å². The zero-order valence-corrected chi connectivity index (χ0v) is 16.3. The third-order valence-electron chi connectivity index (χ3n) is 3.96. The van der Waals surface area contributed by atoms with Crippen LogP contribution in [0, 0.1) is 10.1 Å². The molecule has 0 aliphatic rings. The molecule has 2 aromatic rings. The van der Waals surface area contributed by atoms with Crippen molar-refractivity contribution in [1.29, 1.82) is 0 Å². The maximum absolute atomic E-state index is 12.4. The quantitative estimate of drug-likeness (QED) is 0.438. The molecule has 0 heterocycles. The Morgan fingerprint density at radius 3 is 2.36 bits per heavy atom. The molecule has 8 nitrogen and oxygen atoms in total. The van der Waals surface area contributed by atoms with Crippen LogP contribution < -0.4 is 10.6 Å². The van der Waals surface area contributed by atoms with Gasteiger partial charge in [0, 0.05) is 42.0 Å². The Labute approximate surface area is 167 Å². The van der Waals surface area contributed by atoms with Gasteiger partial charge in [0.05, 0.1) is 4.92 Å². The smallest absolute Gasteiger partial charge is 0.270 e. The standard InChI is InChI=1S/C19H20N4O4S/c1-3-22(4-2)18(25)14-8-5-9-15(11-14)20-19(28)21-17(24)13-7-6-10-16(12-13)23(26)27/h5-12H,3-4H2,1-2H3,(H2,20,21,24,28). The van der Waals surface area contributed by atoms with Crippen LogP contribution in [0.1, 0.15) is 34.6 Å². The second-order valence-corrected chi connectivity index (χ2v) is 6.18. The predicted octanol–water partition coefficient (Wildman–Crippen LogP) is 3.20. The molecule has 0 unspecified atom stereocenters. The summed E-state index contributed by atoms with van der Waals surface area (Å²) in [7, 11) is 0. The molecule has 2 amide bonds. The molecule has 0 aliphatic heterocycles. The number of nitro benzene ring substituents is 1. The van der Waals surface area contributed by atoms with E-state index in [4.69, 9.17) is 12.2 Å². The summed E-state index contributed by atoms with van der Waals surface area (Å²) >= 11 is 5.13. The highest BCUT2D eigenvalue weighted by Crippen LogP contribution is 2.14. The fourth-order valence-corrected chi connectivity index (χ4v) is 2.73. The monoisotopic (exact) mass is 400 g/mol. The van der Waals surface area contributed by atoms with Crippen LogP contribution in [0.3, 0.4) is 0 Å². The number of non-ortho nitro benzene ring substituents is 1. The predicted molar refractivity (Wildman–Crippen MR) is 110 cm³/mol. The fraction of sp³-hybridized carbons (Fsp3) is 0.211. The number of hydrogen-bond acceptors (Lipinski definition) is 5. The minimum Gasteiger partial charge on any atom is -0.339 e. The molecule has 0 aromatic heterocycles. The molecule has 0 saturated carbocycles. The van der Waals surface area contributed by atoms with Crippen molar-refractivity contribution in [1.82, 2.24) is 10.2 Å². The summed E-state index contributed by atoms with van der Waals surface area (Å²) in [5.41, 5.74) is 0.974. The molecule has 2 N–H and O–H groups in total. The number of carbonyl (C=O) groups is 2. The topological polar surface area (TPSA) is 105 Å². The van der Waals surface area contributed by atoms with Gasteiger partial charge >= 0.3 is 0 Å². The molecule has 2 rings (SSSR count). The highest BCUT2D eigenvalue weighted by Gasteiger charge is 2.15. The third kappa shape index (κ3) is 5.34. The highest BCUT2D eigenvalue weighted by molar-refractivity contribution is 7.80. The van der Waals surface area contributed by atoms with Gasteiger partial charge in [0.25, 0.3) is 17.5 Å². The van der Waals surface area contributed by atoms with Crippen LogP contribution in [0.25, 0.3) is 0 Å². The molecule has 0 spiro atoms. The van der Waals surface area contributed by atoms with Crippen molar-refractivity contribution in [3.63, 3.8) is 0 Å². The van der Waals surface area contributed by atoms with Crippen molar-refractivity contribution in [3.8, 4) is 0 Å². The Bertz CT molecular complexity index is 912. The number of hydrogen-bond donors (Lipinski definition) is 2. The summed E-state index contributed by atoms with van der Waals surface area (Å²) in [5, 5.41) is 16.2. The van der Waals surface area contributed by atoms with E-state index in [1.165, 1.54) is 24.3 Å². The first-order chi connectivity index (χ1) is 13.3. The number of amides is 2. The summed E-state index contributed by atoms with van der Waals surface area (Å²) in [5.74, 6) is -0.670. The van der Waals surface area contributed by atoms with Gasteiger partial charge in [-0.15, -0.1) is 0 Å². The number of thiocarbonyl (C=S) groups is 1. The molecule has 0 aliphatic carbocycles. The summed E-state index contributed by atoms with van der Waals surface area (Å²) < 4.78 is 0. The van der Waals surface area contributed by atoms with Crippen molar-refractivity contribution in [2.24, 2.45) is 0 Å². The first kappa shape index (κ1) is 21.0. The van der Waals surface area contributed by atoms with Crippen LogP contribution in [-0.2, 0) is 0 Å². The number of rotatable bonds is 6. The Kier molecular flexibility index (Phi) is 7.16. The Morgan fingerprint density at radius 1 is 1.07 bits per heavy atom. The highest BCUT2D eigenvalue weighted by atomic mass is 32.1. The number of nitrogens with one attached hydrogen (secondary N) is 2. The third-order valence-corrected chi connectivity index (χ3v) is 4.17. The van der Waals surface area contributed by atoms with Crippen molar-refractivity contribution < 1.29 is 14.5 Å². The Morgan fingerprint density at radius 2 is 1.71 bits per heavy atom. The van der Waals surface area contributed by atoms with Gasteiger partial charge in [-0.05, 0) is 50.3 Å². The molecule has 2 aromatic carbocycles. The first-order valence-corrected chi connectivity index (χ1v) is 9.02. The molecular formula is C19H20N4O4S. The Balaban J connectivity index is 2.06. The maximum atomic E-state index is 12.4. The SMILES string of the molecule is CCN(CC)C(=O)c1cccc(NC(=S)NC(=O)c2cccc([N+](=O)[O-])c2)c1. The molecule has 9 heteroatoms. The minimum absolute atomic E-state index is 0.0175. The average molecular weight is 400 g/mol. The van der Waals surface area contributed by atoms with Gasteiger partial charge in [-0.1, -0.05) is 12.1 Å². The number of nitrogens with zero attached hydrogens (tertiary/aromatic N) is 2. The summed E-state index contributed by atoms with van der Waals surface area (Å²) in [6.07, 6.45) is 0. The van der Waals surface area contributed by atoms with E-state index in [1.807, 2.05) is 13.8 Å². The van der Waals surface area contributed by atoms with E-state index in [9.17, 15) is 19.7 Å². The van der Waals surface area contributed by atoms with Crippen LogP contribution in [0.4, 0.5) is 11.4 Å². The first-order valence-electron chi connectivity index (χ1n) is 8.61. The van der Waals surface area contributed by atoms with Crippen LogP contribution in [0.15, 0.2) is 48.5 Å². The summed E-state index contributed by atoms with van der Waals surface area (Å²) in [6, 6.07) is 12.1. The largest absolute Gasteiger partial charge is 0.339 e. The summed E-state index contributed by atoms with van der Waals surface area (Å²) in [4.78, 5) is 36.6. The normalized spacial score (nSPS) is 10.1. The lowest BCUT2D eigenvalue weighted by atomic mass is 10.1. The van der Waals surface area contributed by atoms with E-state index in [0.29, 0.717) is 24.3 Å². The molecule has 0 bridgehead atoms. The lowest BCUT2D eigenvalue weighted by Gasteiger charge is -2.19. The minimum atomic E-state index is -0.578. The van der Waals surface area contributed by atoms with Gasteiger partial charge < -0.3 is 10.2 Å². The van der Waals surface area contributed by atoms with Gasteiger partial charge in [0.15, 0.2) is 5.11 Å². The molecule has 0 radical (unpaired) electrons. The van der Waals surface area contributed by atoms with Crippen molar-refractivity contribution in [2.75, 3.05) is 18.4 Å². The number of carbonyl (C=O) groups excluding carboxylic acids is 2. The van der Waals surface area contributed by atoms with Crippen LogP contribution in [-0.4, -0.2) is 39.8 Å². The van der Waals surface area contributed by atoms with Gasteiger partial charge in [-0.2, -0.15) is 0 Å². The van der Waals surface area contributed by atoms with Crippen molar-refractivity contribution >= 4 is 40.5 Å². The number of nitro groups is 1. The van der Waals surface area contributed by atoms with E-state index < -0.39 is 10.8 Å². The van der Waals surface area contributed by atoms with E-state index in [-0.39, 0.29) is 22.3 Å². The van der Waals surface area contributed by atoms with E-state index in [2.05, 4.69) is 10.6 Å². The van der Waals surface area contributed by atoms with E-state index in [1.54, 1.807) is 29.2 Å². The van der Waals surface area contributed by atoms with Crippen LogP contribution >= 0.6 is 12.2 Å². The molecular weight excluding hydrogens is 380 g/mol. The fourth-order valence-electron chi connectivity index (χ4n) is 2.52. The zero-order valence-electron chi connectivity index (χ0n) is 15.5. The zero-order chi connectivity index (χ0) is 20.7. The average Bonchev–Trinajstić information content (AvgIpc) is 2.69. The maximum Gasteiger partial charge on any atom is 0.270 e. The molecule has 146 valence electrons.